The normalized spacial score (nSPS) is 14.9. The first kappa shape index (κ1) is 9.54. The van der Waals surface area contributed by atoms with Crippen molar-refractivity contribution in [1.82, 2.24) is 0 Å². The number of hydrogen-bond donors (Lipinski definition) is 0. The van der Waals surface area contributed by atoms with Gasteiger partial charge in [0.25, 0.3) is 0 Å². The van der Waals surface area contributed by atoms with Crippen molar-refractivity contribution in [3.8, 4) is 11.5 Å². The van der Waals surface area contributed by atoms with E-state index in [4.69, 9.17) is 9.47 Å². The summed E-state index contributed by atoms with van der Waals surface area (Å²) in [6.07, 6.45) is 11.3. The van der Waals surface area contributed by atoms with Crippen LogP contribution in [0.15, 0.2) is 48.9 Å². The fraction of sp³-hybridized carbons (Fsp3) is 0. The van der Waals surface area contributed by atoms with Crippen LogP contribution < -0.4 is 19.9 Å². The average Bonchev–Trinajstić information content (AvgIpc) is 2.46. The highest BCUT2D eigenvalue weighted by Crippen LogP contribution is 2.24. The first-order valence-corrected chi connectivity index (χ1v) is 5.86. The lowest BCUT2D eigenvalue weighted by atomic mass is 10.0. The first-order valence-electron chi connectivity index (χ1n) is 5.86. The predicted molar refractivity (Wildman–Crippen MR) is 71.7 cm³/mol. The van der Waals surface area contributed by atoms with Gasteiger partial charge in [0.1, 0.15) is 11.5 Å². The third kappa shape index (κ3) is 1.23. The van der Waals surface area contributed by atoms with Crippen LogP contribution in [0.1, 0.15) is 0 Å². The molecule has 2 heteroatoms. The van der Waals surface area contributed by atoms with Gasteiger partial charge in [0, 0.05) is 15.8 Å². The maximum atomic E-state index is 5.69. The molecule has 18 heavy (non-hydrogen) atoms. The quantitative estimate of drug-likeness (QED) is 0.695. The first-order chi connectivity index (χ1) is 8.93. The summed E-state index contributed by atoms with van der Waals surface area (Å²) in [6.45, 7) is 0. The Hall–Kier alpha value is -2.48. The van der Waals surface area contributed by atoms with Crippen molar-refractivity contribution in [2.45, 2.75) is 0 Å². The van der Waals surface area contributed by atoms with Crippen molar-refractivity contribution in [3.05, 3.63) is 59.4 Å². The summed E-state index contributed by atoms with van der Waals surface area (Å²) in [5.74, 6) is 1.78. The Balaban J connectivity index is 2.27. The zero-order chi connectivity index (χ0) is 11.9. The molecular weight excluding hydrogens is 224 g/mol. The van der Waals surface area contributed by atoms with Crippen molar-refractivity contribution in [2.24, 2.45) is 0 Å². The smallest absolute Gasteiger partial charge is 0.142 e. The van der Waals surface area contributed by atoms with Crippen LogP contribution in [0.2, 0.25) is 0 Å². The highest BCUT2D eigenvalue weighted by atomic mass is 16.5. The molecule has 2 aromatic rings. The second kappa shape index (κ2) is 3.50. The van der Waals surface area contributed by atoms with Gasteiger partial charge in [-0.3, -0.25) is 0 Å². The Morgan fingerprint density at radius 1 is 0.778 bits per heavy atom. The van der Waals surface area contributed by atoms with Crippen molar-refractivity contribution in [2.75, 3.05) is 0 Å². The number of allylic oxidation sites excluding steroid dienone is 2. The summed E-state index contributed by atoms with van der Waals surface area (Å²) >= 11 is 0. The van der Waals surface area contributed by atoms with Crippen LogP contribution in [0, 0.1) is 0 Å². The topological polar surface area (TPSA) is 18.5 Å². The molecule has 2 aromatic carbocycles. The van der Waals surface area contributed by atoms with E-state index in [-0.39, 0.29) is 0 Å². The lowest BCUT2D eigenvalue weighted by Crippen LogP contribution is -2.15. The van der Waals surface area contributed by atoms with Crippen molar-refractivity contribution in [3.63, 3.8) is 0 Å². The lowest BCUT2D eigenvalue weighted by molar-refractivity contribution is 0.470. The Kier molecular flexibility index (Phi) is 1.86. The van der Waals surface area contributed by atoms with E-state index < -0.39 is 0 Å². The molecule has 0 unspecified atom stereocenters. The monoisotopic (exact) mass is 234 g/mol. The zero-order valence-electron chi connectivity index (χ0n) is 9.59. The van der Waals surface area contributed by atoms with Gasteiger partial charge in [-0.1, -0.05) is 18.2 Å². The highest BCUT2D eigenvalue weighted by Gasteiger charge is 2.11. The highest BCUT2D eigenvalue weighted by molar-refractivity contribution is 5.92. The molecule has 2 heterocycles. The van der Waals surface area contributed by atoms with Crippen LogP contribution in [-0.4, -0.2) is 0 Å². The molecule has 2 aliphatic heterocycles. The summed E-state index contributed by atoms with van der Waals surface area (Å²) in [7, 11) is 0. The second-order valence-electron chi connectivity index (χ2n) is 4.29. The van der Waals surface area contributed by atoms with Gasteiger partial charge in [0.05, 0.1) is 12.5 Å². The van der Waals surface area contributed by atoms with E-state index in [2.05, 4.69) is 30.4 Å². The van der Waals surface area contributed by atoms with Crippen molar-refractivity contribution >= 4 is 22.9 Å². The molecule has 4 rings (SSSR count). The standard InChI is InChI=1S/C16H10O2/c1-3-12-6-5-11-7-8-14-13(4-2-9-17-14)15(11)16(12)18-10-1/h1-10H. The van der Waals surface area contributed by atoms with Crippen molar-refractivity contribution < 1.29 is 9.47 Å². The van der Waals surface area contributed by atoms with E-state index in [0.29, 0.717) is 0 Å². The maximum absolute atomic E-state index is 5.69. The molecule has 0 N–H and O–H groups in total. The number of fused-ring (bicyclic) bond motifs is 5. The van der Waals surface area contributed by atoms with Gasteiger partial charge >= 0.3 is 0 Å². The molecule has 0 aromatic heterocycles. The van der Waals surface area contributed by atoms with Crippen LogP contribution >= 0.6 is 0 Å². The van der Waals surface area contributed by atoms with Gasteiger partial charge in [0.15, 0.2) is 0 Å². The fourth-order valence-electron chi connectivity index (χ4n) is 2.43. The van der Waals surface area contributed by atoms with E-state index >= 15 is 0 Å². The molecular formula is C16H10O2. The van der Waals surface area contributed by atoms with Crippen LogP contribution in [0.4, 0.5) is 0 Å². The van der Waals surface area contributed by atoms with Gasteiger partial charge in [-0.05, 0) is 35.8 Å². The molecule has 0 aliphatic carbocycles. The van der Waals surface area contributed by atoms with Gasteiger partial charge in [-0.2, -0.15) is 0 Å². The van der Waals surface area contributed by atoms with E-state index in [1.54, 1.807) is 12.5 Å². The Labute approximate surface area is 104 Å². The summed E-state index contributed by atoms with van der Waals surface area (Å²) in [6, 6.07) is 8.24. The minimum Gasteiger partial charge on any atom is -0.464 e. The molecule has 2 aliphatic rings. The average molecular weight is 234 g/mol. The molecule has 0 spiro atoms. The van der Waals surface area contributed by atoms with Gasteiger partial charge in [-0.25, -0.2) is 0 Å². The largest absolute Gasteiger partial charge is 0.464 e. The van der Waals surface area contributed by atoms with Crippen LogP contribution in [0.3, 0.4) is 0 Å². The SMILES string of the molecule is C1=COc2ccc3ccc4c(c3c2=C1)OC=CC=4. The molecule has 0 fully saturated rings. The van der Waals surface area contributed by atoms with Crippen LogP contribution in [0.25, 0.3) is 22.9 Å². The molecule has 0 atom stereocenters. The summed E-state index contributed by atoms with van der Waals surface area (Å²) < 4.78 is 11.2. The Bertz CT molecular complexity index is 826. The summed E-state index contributed by atoms with van der Waals surface area (Å²) in [4.78, 5) is 0. The number of ether oxygens (including phenoxy) is 2. The van der Waals surface area contributed by atoms with E-state index in [1.165, 1.54) is 0 Å². The molecule has 0 saturated heterocycles. The predicted octanol–water partition coefficient (Wildman–Crippen LogP) is 2.21. The zero-order valence-corrected chi connectivity index (χ0v) is 9.59. The molecule has 0 radical (unpaired) electrons. The molecule has 0 bridgehead atoms. The number of rotatable bonds is 0. The van der Waals surface area contributed by atoms with E-state index in [1.807, 2.05) is 18.2 Å². The van der Waals surface area contributed by atoms with Gasteiger partial charge < -0.3 is 9.47 Å². The van der Waals surface area contributed by atoms with Crippen molar-refractivity contribution in [1.29, 1.82) is 0 Å². The molecule has 86 valence electrons. The third-order valence-corrected chi connectivity index (χ3v) is 3.25. The Morgan fingerprint density at radius 3 is 2.61 bits per heavy atom. The van der Waals surface area contributed by atoms with E-state index in [0.717, 1.165) is 32.7 Å². The number of hydrogen-bond acceptors (Lipinski definition) is 2. The maximum Gasteiger partial charge on any atom is 0.142 e. The molecule has 0 saturated carbocycles. The van der Waals surface area contributed by atoms with E-state index in [9.17, 15) is 0 Å². The van der Waals surface area contributed by atoms with Crippen LogP contribution in [0.5, 0.6) is 11.5 Å². The minimum absolute atomic E-state index is 0.872. The fourth-order valence-corrected chi connectivity index (χ4v) is 2.43. The summed E-state index contributed by atoms with van der Waals surface area (Å²) in [5, 5.41) is 4.44. The second-order valence-corrected chi connectivity index (χ2v) is 4.29. The Morgan fingerprint density at radius 2 is 1.61 bits per heavy atom. The molecule has 2 nitrogen and oxygen atoms in total. The van der Waals surface area contributed by atoms with Crippen LogP contribution in [-0.2, 0) is 0 Å². The third-order valence-electron chi connectivity index (χ3n) is 3.25. The van der Waals surface area contributed by atoms with Gasteiger partial charge in [0.2, 0.25) is 0 Å². The summed E-state index contributed by atoms with van der Waals surface area (Å²) in [5.41, 5.74) is 0. The lowest BCUT2D eigenvalue weighted by Gasteiger charge is -2.13. The minimum atomic E-state index is 0.872. The number of benzene rings is 2. The molecule has 0 amide bonds. The van der Waals surface area contributed by atoms with Gasteiger partial charge in [-0.15, -0.1) is 0 Å².